The van der Waals surface area contributed by atoms with Crippen LogP contribution in [0.4, 0.5) is 0 Å². The Balaban J connectivity index is 2.04. The minimum absolute atomic E-state index is 0.456. The number of benzene rings is 1. The molecule has 2 nitrogen and oxygen atoms in total. The molecule has 0 aliphatic carbocycles. The van der Waals surface area contributed by atoms with Crippen molar-refractivity contribution in [1.82, 2.24) is 0 Å². The standard InChI is InChI=1S/C28H50O2Si/c1-6-31(7-2,8-3)30-25-28(5,29)24-26(4)20-16-13-11-9-10-12-14-17-21-27-22-18-15-19-23-27/h15,18-19,22-23,29H,4,6-14,16-17,20-21,24-25H2,1-3,5H3/t28-/m1/s1. The molecule has 0 radical (unpaired) electrons. The first-order valence-corrected chi connectivity index (χ1v) is 15.5. The van der Waals surface area contributed by atoms with E-state index in [1.54, 1.807) is 0 Å². The molecule has 1 atom stereocenters. The molecule has 0 amide bonds. The predicted molar refractivity (Wildman–Crippen MR) is 139 cm³/mol. The Hall–Kier alpha value is -0.903. The number of aryl methyl sites for hydroxylation is 1. The van der Waals surface area contributed by atoms with E-state index in [0.717, 1.165) is 24.6 Å². The molecule has 0 aliphatic rings. The van der Waals surface area contributed by atoms with Gasteiger partial charge in [0.05, 0.1) is 12.2 Å². The zero-order chi connectivity index (χ0) is 23.0. The summed E-state index contributed by atoms with van der Waals surface area (Å²) in [7, 11) is -1.64. The van der Waals surface area contributed by atoms with Crippen LogP contribution in [0.25, 0.3) is 0 Å². The Morgan fingerprint density at radius 3 is 1.94 bits per heavy atom. The molecule has 178 valence electrons. The predicted octanol–water partition coefficient (Wildman–Crippen LogP) is 8.46. The highest BCUT2D eigenvalue weighted by Gasteiger charge is 2.32. The maximum Gasteiger partial charge on any atom is 0.192 e. The Kier molecular flexibility index (Phi) is 14.4. The van der Waals surface area contributed by atoms with Crippen LogP contribution in [0.3, 0.4) is 0 Å². The molecule has 31 heavy (non-hydrogen) atoms. The molecule has 1 N–H and O–H groups in total. The fourth-order valence-corrected chi connectivity index (χ4v) is 7.18. The highest BCUT2D eigenvalue weighted by molar-refractivity contribution is 6.73. The summed E-state index contributed by atoms with van der Waals surface area (Å²) in [6, 6.07) is 14.2. The average Bonchev–Trinajstić information content (AvgIpc) is 2.77. The second-order valence-corrected chi connectivity index (χ2v) is 14.5. The third-order valence-electron chi connectivity index (χ3n) is 6.84. The Bertz CT molecular complexity index is 570. The van der Waals surface area contributed by atoms with Crippen molar-refractivity contribution in [2.75, 3.05) is 6.61 Å². The molecule has 0 aliphatic heterocycles. The zero-order valence-electron chi connectivity index (χ0n) is 21.1. The van der Waals surface area contributed by atoms with E-state index in [-0.39, 0.29) is 0 Å². The van der Waals surface area contributed by atoms with Gasteiger partial charge in [-0.05, 0) is 62.7 Å². The molecule has 0 fully saturated rings. The molecule has 0 spiro atoms. The maximum absolute atomic E-state index is 10.8. The van der Waals surface area contributed by atoms with Crippen LogP contribution in [-0.4, -0.2) is 25.6 Å². The quantitative estimate of drug-likeness (QED) is 0.131. The molecule has 1 aromatic rings. The van der Waals surface area contributed by atoms with Gasteiger partial charge in [-0.25, -0.2) is 0 Å². The first-order chi connectivity index (χ1) is 14.9. The lowest BCUT2D eigenvalue weighted by atomic mass is 9.94. The van der Waals surface area contributed by atoms with E-state index in [1.165, 1.54) is 68.9 Å². The van der Waals surface area contributed by atoms with Crippen LogP contribution in [0.15, 0.2) is 42.5 Å². The van der Waals surface area contributed by atoms with Crippen molar-refractivity contribution in [2.45, 2.75) is 122 Å². The monoisotopic (exact) mass is 446 g/mol. The largest absolute Gasteiger partial charge is 0.414 e. The summed E-state index contributed by atoms with van der Waals surface area (Å²) in [6.45, 7) is 13.3. The van der Waals surface area contributed by atoms with E-state index < -0.39 is 13.9 Å². The van der Waals surface area contributed by atoms with Gasteiger partial charge in [-0.15, -0.1) is 0 Å². The van der Waals surface area contributed by atoms with E-state index in [0.29, 0.717) is 13.0 Å². The van der Waals surface area contributed by atoms with Crippen molar-refractivity contribution in [3.63, 3.8) is 0 Å². The van der Waals surface area contributed by atoms with E-state index >= 15 is 0 Å². The first-order valence-electron chi connectivity index (χ1n) is 12.9. The van der Waals surface area contributed by atoms with Crippen molar-refractivity contribution in [3.8, 4) is 0 Å². The van der Waals surface area contributed by atoms with E-state index in [1.807, 2.05) is 6.92 Å². The van der Waals surface area contributed by atoms with Crippen LogP contribution < -0.4 is 0 Å². The molecule has 0 saturated carbocycles. The van der Waals surface area contributed by atoms with Gasteiger partial charge < -0.3 is 9.53 Å². The fourth-order valence-electron chi connectivity index (χ4n) is 4.45. The summed E-state index contributed by atoms with van der Waals surface area (Å²) in [6.07, 6.45) is 13.4. The fraction of sp³-hybridized carbons (Fsp3) is 0.714. The summed E-state index contributed by atoms with van der Waals surface area (Å²) in [4.78, 5) is 0. The summed E-state index contributed by atoms with van der Waals surface area (Å²) < 4.78 is 6.31. The van der Waals surface area contributed by atoms with Gasteiger partial charge in [0.15, 0.2) is 8.32 Å². The molecule has 0 aromatic heterocycles. The van der Waals surface area contributed by atoms with Crippen LogP contribution in [0, 0.1) is 0 Å². The molecule has 1 rings (SSSR count). The Morgan fingerprint density at radius 2 is 1.39 bits per heavy atom. The highest BCUT2D eigenvalue weighted by atomic mass is 28.4. The van der Waals surface area contributed by atoms with Gasteiger partial charge in [0.25, 0.3) is 0 Å². The van der Waals surface area contributed by atoms with Crippen molar-refractivity contribution in [1.29, 1.82) is 0 Å². The molecule has 3 heteroatoms. The van der Waals surface area contributed by atoms with Crippen LogP contribution in [0.5, 0.6) is 0 Å². The van der Waals surface area contributed by atoms with Gasteiger partial charge >= 0.3 is 0 Å². The van der Waals surface area contributed by atoms with Crippen molar-refractivity contribution in [3.05, 3.63) is 48.0 Å². The topological polar surface area (TPSA) is 29.5 Å². The summed E-state index contributed by atoms with van der Waals surface area (Å²) in [5, 5.41) is 10.8. The lowest BCUT2D eigenvalue weighted by molar-refractivity contribution is 0.00735. The Labute approximate surface area is 194 Å². The minimum atomic E-state index is -1.64. The van der Waals surface area contributed by atoms with Crippen LogP contribution in [0.1, 0.15) is 97.5 Å². The number of aliphatic hydroxyl groups is 1. The third-order valence-corrected chi connectivity index (χ3v) is 11.5. The van der Waals surface area contributed by atoms with Crippen LogP contribution in [0.2, 0.25) is 18.1 Å². The number of hydrogen-bond acceptors (Lipinski definition) is 2. The van der Waals surface area contributed by atoms with E-state index in [9.17, 15) is 5.11 Å². The van der Waals surface area contributed by atoms with Crippen LogP contribution in [-0.2, 0) is 10.8 Å². The number of rotatable bonds is 19. The Morgan fingerprint density at radius 1 is 0.871 bits per heavy atom. The van der Waals surface area contributed by atoms with Gasteiger partial charge in [0.1, 0.15) is 0 Å². The molecule has 0 heterocycles. The third kappa shape index (κ3) is 12.6. The molecule has 0 saturated heterocycles. The average molecular weight is 447 g/mol. The molecular formula is C28H50O2Si. The lowest BCUT2D eigenvalue weighted by Gasteiger charge is -2.33. The molecule has 0 unspecified atom stereocenters. The van der Waals surface area contributed by atoms with E-state index in [2.05, 4.69) is 57.7 Å². The second kappa shape index (κ2) is 15.8. The highest BCUT2D eigenvalue weighted by Crippen LogP contribution is 2.26. The lowest BCUT2D eigenvalue weighted by Crippen LogP contribution is -2.42. The molecule has 1 aromatic carbocycles. The number of hydrogen-bond donors (Lipinski definition) is 1. The smallest absolute Gasteiger partial charge is 0.192 e. The zero-order valence-corrected chi connectivity index (χ0v) is 22.1. The molecule has 0 bridgehead atoms. The minimum Gasteiger partial charge on any atom is -0.414 e. The summed E-state index contributed by atoms with van der Waals surface area (Å²) >= 11 is 0. The summed E-state index contributed by atoms with van der Waals surface area (Å²) in [5.74, 6) is 0. The normalized spacial score (nSPS) is 13.8. The van der Waals surface area contributed by atoms with Crippen LogP contribution >= 0.6 is 0 Å². The van der Waals surface area contributed by atoms with Gasteiger partial charge in [0.2, 0.25) is 0 Å². The summed E-state index contributed by atoms with van der Waals surface area (Å²) in [5.41, 5.74) is 1.86. The number of unbranched alkanes of at least 4 members (excludes halogenated alkanes) is 7. The molecular weight excluding hydrogens is 396 g/mol. The maximum atomic E-state index is 10.8. The first kappa shape index (κ1) is 28.1. The van der Waals surface area contributed by atoms with Crippen molar-refractivity contribution in [2.24, 2.45) is 0 Å². The van der Waals surface area contributed by atoms with Gasteiger partial charge in [-0.3, -0.25) is 0 Å². The SMILES string of the molecule is C=C(CCCCCCCCCCc1ccccc1)C[C@@](C)(O)CO[Si](CC)(CC)CC. The van der Waals surface area contributed by atoms with Gasteiger partial charge in [-0.1, -0.05) is 102 Å². The van der Waals surface area contributed by atoms with Crippen molar-refractivity contribution < 1.29 is 9.53 Å². The van der Waals surface area contributed by atoms with Gasteiger partial charge in [0, 0.05) is 0 Å². The van der Waals surface area contributed by atoms with Gasteiger partial charge in [-0.2, -0.15) is 0 Å². The second-order valence-electron chi connectivity index (χ2n) is 9.77. The van der Waals surface area contributed by atoms with Crippen molar-refractivity contribution >= 4 is 8.32 Å². The van der Waals surface area contributed by atoms with E-state index in [4.69, 9.17) is 4.43 Å².